The Labute approximate surface area is 79.7 Å². The van der Waals surface area contributed by atoms with Crippen LogP contribution in [-0.2, 0) is 0 Å². The van der Waals surface area contributed by atoms with Gasteiger partial charge in [0, 0.05) is 0 Å². The minimum absolute atomic E-state index is 0.0108. The Balaban J connectivity index is 2.59. The third-order valence-electron chi connectivity index (χ3n) is 2.12. The minimum atomic E-state index is -0.702. The van der Waals surface area contributed by atoms with E-state index in [1.165, 1.54) is 12.1 Å². The summed E-state index contributed by atoms with van der Waals surface area (Å²) < 4.78 is 5.06. The van der Waals surface area contributed by atoms with Crippen LogP contribution in [0.3, 0.4) is 0 Å². The zero-order chi connectivity index (χ0) is 10.3. The number of benzene rings is 1. The molecule has 2 rings (SSSR count). The fourth-order valence-electron chi connectivity index (χ4n) is 1.35. The van der Waals surface area contributed by atoms with Gasteiger partial charge in [0.05, 0.1) is 5.56 Å². The number of phenols is 2. The molecule has 1 aliphatic heterocycles. The van der Waals surface area contributed by atoms with Crippen LogP contribution in [-0.4, -0.2) is 28.6 Å². The molecule has 1 unspecified atom stereocenters. The summed E-state index contributed by atoms with van der Waals surface area (Å²) in [5.41, 5.74) is 5.67. The van der Waals surface area contributed by atoms with Crippen LogP contribution in [0.2, 0.25) is 0 Å². The van der Waals surface area contributed by atoms with Crippen LogP contribution in [0.25, 0.3) is 0 Å². The SMILES string of the molecule is NC1COc2c(ccc(O)c2O)C1=O. The molecule has 0 spiro atoms. The highest BCUT2D eigenvalue weighted by Crippen LogP contribution is 2.40. The quantitative estimate of drug-likeness (QED) is 0.507. The van der Waals surface area contributed by atoms with E-state index >= 15 is 0 Å². The number of phenolic OH excluding ortho intramolecular Hbond substituents is 2. The molecule has 0 amide bonds. The minimum Gasteiger partial charge on any atom is -0.504 e. The Morgan fingerprint density at radius 3 is 2.86 bits per heavy atom. The zero-order valence-electron chi connectivity index (χ0n) is 7.23. The molecule has 1 aromatic carbocycles. The number of nitrogens with two attached hydrogens (primary N) is 1. The monoisotopic (exact) mass is 195 g/mol. The summed E-state index contributed by atoms with van der Waals surface area (Å²) >= 11 is 0. The van der Waals surface area contributed by atoms with E-state index in [9.17, 15) is 9.90 Å². The molecule has 1 aromatic rings. The summed E-state index contributed by atoms with van der Waals surface area (Å²) in [5, 5.41) is 18.5. The number of carbonyl (C=O) groups is 1. The van der Waals surface area contributed by atoms with Gasteiger partial charge in [0.25, 0.3) is 0 Å². The lowest BCUT2D eigenvalue weighted by Crippen LogP contribution is -2.40. The van der Waals surface area contributed by atoms with Crippen LogP contribution in [0.1, 0.15) is 10.4 Å². The second-order valence-electron chi connectivity index (χ2n) is 3.09. The van der Waals surface area contributed by atoms with E-state index in [1.54, 1.807) is 0 Å². The van der Waals surface area contributed by atoms with Crippen molar-refractivity contribution in [3.8, 4) is 17.2 Å². The summed E-state index contributed by atoms with van der Waals surface area (Å²) in [5.74, 6) is -1.01. The summed E-state index contributed by atoms with van der Waals surface area (Å²) in [6.07, 6.45) is 0. The van der Waals surface area contributed by atoms with Gasteiger partial charge in [-0.1, -0.05) is 0 Å². The number of carbonyl (C=O) groups excluding carboxylic acids is 1. The van der Waals surface area contributed by atoms with Gasteiger partial charge in [0.15, 0.2) is 17.3 Å². The molecule has 1 aliphatic rings. The van der Waals surface area contributed by atoms with E-state index in [0.717, 1.165) is 0 Å². The summed E-state index contributed by atoms with van der Waals surface area (Å²) in [6.45, 7) is 0.0167. The number of hydrogen-bond acceptors (Lipinski definition) is 5. The zero-order valence-corrected chi connectivity index (χ0v) is 7.23. The molecule has 0 saturated carbocycles. The molecule has 0 bridgehead atoms. The van der Waals surface area contributed by atoms with Gasteiger partial charge in [-0.2, -0.15) is 0 Å². The van der Waals surface area contributed by atoms with Gasteiger partial charge >= 0.3 is 0 Å². The molecule has 5 heteroatoms. The molecule has 74 valence electrons. The summed E-state index contributed by atoms with van der Waals surface area (Å²) in [4.78, 5) is 11.5. The van der Waals surface area contributed by atoms with Gasteiger partial charge in [0.2, 0.25) is 5.75 Å². The summed E-state index contributed by atoms with van der Waals surface area (Å²) in [7, 11) is 0. The smallest absolute Gasteiger partial charge is 0.201 e. The highest BCUT2D eigenvalue weighted by Gasteiger charge is 2.28. The van der Waals surface area contributed by atoms with Gasteiger partial charge in [0.1, 0.15) is 12.6 Å². The number of rotatable bonds is 0. The topological polar surface area (TPSA) is 92.8 Å². The van der Waals surface area contributed by atoms with Gasteiger partial charge in [-0.05, 0) is 12.1 Å². The van der Waals surface area contributed by atoms with E-state index < -0.39 is 11.8 Å². The van der Waals surface area contributed by atoms with Crippen LogP contribution in [0.4, 0.5) is 0 Å². The molecule has 0 saturated heterocycles. The number of ether oxygens (including phenoxy) is 1. The van der Waals surface area contributed by atoms with Crippen molar-refractivity contribution in [1.82, 2.24) is 0 Å². The second-order valence-corrected chi connectivity index (χ2v) is 3.09. The first-order chi connectivity index (χ1) is 6.61. The number of aromatic hydroxyl groups is 2. The lowest BCUT2D eigenvalue weighted by atomic mass is 10.0. The molecule has 5 nitrogen and oxygen atoms in total. The fraction of sp³-hybridized carbons (Fsp3) is 0.222. The van der Waals surface area contributed by atoms with Crippen molar-refractivity contribution < 1.29 is 19.7 Å². The van der Waals surface area contributed by atoms with Gasteiger partial charge in [-0.15, -0.1) is 0 Å². The normalized spacial score (nSPS) is 20.1. The number of Topliss-reactive ketones (excluding diaryl/α,β-unsaturated/α-hetero) is 1. The van der Waals surface area contributed by atoms with Crippen LogP contribution in [0.15, 0.2) is 12.1 Å². The van der Waals surface area contributed by atoms with Crippen LogP contribution < -0.4 is 10.5 Å². The lowest BCUT2D eigenvalue weighted by Gasteiger charge is -2.21. The fourth-order valence-corrected chi connectivity index (χ4v) is 1.35. The predicted octanol–water partition coefficient (Wildman–Crippen LogP) is 0.000200. The molecule has 4 N–H and O–H groups in total. The average molecular weight is 195 g/mol. The largest absolute Gasteiger partial charge is 0.504 e. The van der Waals surface area contributed by atoms with Gasteiger partial charge in [-0.25, -0.2) is 0 Å². The van der Waals surface area contributed by atoms with E-state index in [2.05, 4.69) is 0 Å². The van der Waals surface area contributed by atoms with Crippen LogP contribution in [0.5, 0.6) is 17.2 Å². The van der Waals surface area contributed by atoms with Crippen LogP contribution in [0, 0.1) is 0 Å². The third-order valence-corrected chi connectivity index (χ3v) is 2.12. The average Bonchev–Trinajstić information content (AvgIpc) is 2.17. The molecular formula is C9H9NO4. The molecule has 1 atom stereocenters. The first kappa shape index (κ1) is 8.83. The highest BCUT2D eigenvalue weighted by atomic mass is 16.5. The Morgan fingerprint density at radius 2 is 2.14 bits per heavy atom. The highest BCUT2D eigenvalue weighted by molar-refractivity contribution is 6.04. The van der Waals surface area contributed by atoms with Crippen molar-refractivity contribution in [2.75, 3.05) is 6.61 Å². The molecule has 0 fully saturated rings. The first-order valence-electron chi connectivity index (χ1n) is 4.09. The molecule has 0 aliphatic carbocycles. The molecule has 1 heterocycles. The molecule has 14 heavy (non-hydrogen) atoms. The van der Waals surface area contributed by atoms with Crippen molar-refractivity contribution in [2.45, 2.75) is 6.04 Å². The maximum Gasteiger partial charge on any atom is 0.201 e. The van der Waals surface area contributed by atoms with Crippen molar-refractivity contribution >= 4 is 5.78 Å². The van der Waals surface area contributed by atoms with Crippen molar-refractivity contribution in [2.24, 2.45) is 5.73 Å². The third kappa shape index (κ3) is 1.10. The van der Waals surface area contributed by atoms with Crippen molar-refractivity contribution in [1.29, 1.82) is 0 Å². The van der Waals surface area contributed by atoms with E-state index in [0.29, 0.717) is 0 Å². The second kappa shape index (κ2) is 2.88. The maximum absolute atomic E-state index is 11.5. The van der Waals surface area contributed by atoms with Crippen molar-refractivity contribution in [3.63, 3.8) is 0 Å². The van der Waals surface area contributed by atoms with Crippen LogP contribution >= 0.6 is 0 Å². The Kier molecular flexibility index (Phi) is 1.82. The number of hydrogen-bond donors (Lipinski definition) is 3. The van der Waals surface area contributed by atoms with Gasteiger partial charge < -0.3 is 20.7 Å². The Bertz CT molecular complexity index is 402. The first-order valence-corrected chi connectivity index (χ1v) is 4.09. The lowest BCUT2D eigenvalue weighted by molar-refractivity contribution is 0.0895. The molecule has 0 radical (unpaired) electrons. The number of ketones is 1. The Morgan fingerprint density at radius 1 is 1.43 bits per heavy atom. The molecular weight excluding hydrogens is 186 g/mol. The maximum atomic E-state index is 11.5. The van der Waals surface area contributed by atoms with E-state index in [-0.39, 0.29) is 29.5 Å². The number of fused-ring (bicyclic) bond motifs is 1. The van der Waals surface area contributed by atoms with Gasteiger partial charge in [-0.3, -0.25) is 4.79 Å². The molecule has 0 aromatic heterocycles. The Hall–Kier alpha value is -1.75. The predicted molar refractivity (Wildman–Crippen MR) is 47.6 cm³/mol. The van der Waals surface area contributed by atoms with E-state index in [4.69, 9.17) is 15.6 Å². The standard InChI is InChI=1S/C9H9NO4/c10-5-3-14-9-4(7(5)12)1-2-6(11)8(9)13/h1-2,5,11,13H,3,10H2. The van der Waals surface area contributed by atoms with Crippen molar-refractivity contribution in [3.05, 3.63) is 17.7 Å². The summed E-state index contributed by atoms with van der Waals surface area (Å²) in [6, 6.07) is 1.91. The van der Waals surface area contributed by atoms with E-state index in [1.807, 2.05) is 0 Å².